The predicted molar refractivity (Wildman–Crippen MR) is 85.8 cm³/mol. The van der Waals surface area contributed by atoms with E-state index in [2.05, 4.69) is 23.4 Å². The minimum absolute atomic E-state index is 0.108. The third-order valence-corrected chi connectivity index (χ3v) is 3.83. The van der Waals surface area contributed by atoms with Crippen LogP contribution in [-0.4, -0.2) is 29.0 Å². The number of fused-ring (bicyclic) bond motifs is 1. The molecule has 6 heteroatoms. The van der Waals surface area contributed by atoms with Gasteiger partial charge in [0, 0.05) is 24.3 Å². The van der Waals surface area contributed by atoms with Gasteiger partial charge in [0.25, 0.3) is 5.91 Å². The summed E-state index contributed by atoms with van der Waals surface area (Å²) < 4.78 is 12.5. The number of amides is 1. The van der Waals surface area contributed by atoms with Gasteiger partial charge in [-0.25, -0.2) is 0 Å². The first kappa shape index (κ1) is 15.4. The van der Waals surface area contributed by atoms with Crippen molar-refractivity contribution in [3.05, 3.63) is 41.2 Å². The number of nitrogens with one attached hydrogen (secondary N) is 1. The summed E-state index contributed by atoms with van der Waals surface area (Å²) in [4.78, 5) is 12.2. The molecule has 0 fully saturated rings. The Balaban J connectivity index is 1.55. The summed E-state index contributed by atoms with van der Waals surface area (Å²) in [6, 6.07) is 7.27. The smallest absolute Gasteiger partial charge is 0.251 e. The standard InChI is InChI=1S/C17H21N3O3/c1-11(9-20-13(3)6-12(2)19-20)8-18-17(21)14-4-5-15-16(7-14)23-10-22-15/h4-7,11H,8-10H2,1-3H3,(H,18,21)/t11-/m0/s1. The Morgan fingerprint density at radius 3 is 2.83 bits per heavy atom. The number of benzene rings is 1. The molecule has 0 unspecified atom stereocenters. The fourth-order valence-corrected chi connectivity index (χ4v) is 2.63. The van der Waals surface area contributed by atoms with Crippen LogP contribution in [0.15, 0.2) is 24.3 Å². The molecule has 1 aliphatic heterocycles. The fourth-order valence-electron chi connectivity index (χ4n) is 2.63. The molecule has 1 aromatic carbocycles. The van der Waals surface area contributed by atoms with Gasteiger partial charge in [0.15, 0.2) is 11.5 Å². The van der Waals surface area contributed by atoms with E-state index in [0.29, 0.717) is 23.6 Å². The van der Waals surface area contributed by atoms with Crippen molar-refractivity contribution in [1.29, 1.82) is 0 Å². The Bertz CT molecular complexity index is 724. The van der Waals surface area contributed by atoms with Gasteiger partial charge in [-0.05, 0) is 44.0 Å². The number of ether oxygens (including phenoxy) is 2. The van der Waals surface area contributed by atoms with E-state index < -0.39 is 0 Å². The zero-order valence-electron chi connectivity index (χ0n) is 13.6. The Morgan fingerprint density at radius 2 is 2.09 bits per heavy atom. The second kappa shape index (κ2) is 6.32. The van der Waals surface area contributed by atoms with Gasteiger partial charge in [0.1, 0.15) is 0 Å². The SMILES string of the molecule is Cc1cc(C)n(C[C@@H](C)CNC(=O)c2ccc3c(c2)OCO3)n1. The van der Waals surface area contributed by atoms with E-state index in [4.69, 9.17) is 9.47 Å². The molecule has 122 valence electrons. The van der Waals surface area contributed by atoms with Gasteiger partial charge >= 0.3 is 0 Å². The number of aromatic nitrogens is 2. The van der Waals surface area contributed by atoms with Crippen LogP contribution in [0.3, 0.4) is 0 Å². The third-order valence-electron chi connectivity index (χ3n) is 3.83. The summed E-state index contributed by atoms with van der Waals surface area (Å²) >= 11 is 0. The Hall–Kier alpha value is -2.50. The van der Waals surface area contributed by atoms with Crippen molar-refractivity contribution in [3.63, 3.8) is 0 Å². The average Bonchev–Trinajstić information content (AvgIpc) is 3.10. The summed E-state index contributed by atoms with van der Waals surface area (Å²) in [6.45, 7) is 7.69. The monoisotopic (exact) mass is 315 g/mol. The van der Waals surface area contributed by atoms with Crippen LogP contribution in [0, 0.1) is 19.8 Å². The molecule has 2 aromatic rings. The van der Waals surface area contributed by atoms with Gasteiger partial charge in [0.2, 0.25) is 6.79 Å². The van der Waals surface area contributed by atoms with Crippen LogP contribution in [0.2, 0.25) is 0 Å². The highest BCUT2D eigenvalue weighted by molar-refractivity contribution is 5.94. The van der Waals surface area contributed by atoms with Crippen LogP contribution in [-0.2, 0) is 6.54 Å². The van der Waals surface area contributed by atoms with Crippen molar-refractivity contribution in [1.82, 2.24) is 15.1 Å². The molecular formula is C17H21N3O3. The number of nitrogens with zero attached hydrogens (tertiary/aromatic N) is 2. The van der Waals surface area contributed by atoms with Crippen molar-refractivity contribution < 1.29 is 14.3 Å². The highest BCUT2D eigenvalue weighted by Gasteiger charge is 2.16. The molecule has 1 atom stereocenters. The predicted octanol–water partition coefficient (Wildman–Crippen LogP) is 2.29. The van der Waals surface area contributed by atoms with E-state index >= 15 is 0 Å². The van der Waals surface area contributed by atoms with Gasteiger partial charge in [0.05, 0.1) is 5.69 Å². The van der Waals surface area contributed by atoms with Gasteiger partial charge < -0.3 is 14.8 Å². The topological polar surface area (TPSA) is 65.4 Å². The normalized spacial score (nSPS) is 13.9. The molecule has 6 nitrogen and oxygen atoms in total. The number of rotatable bonds is 5. The Morgan fingerprint density at radius 1 is 1.30 bits per heavy atom. The Kier molecular flexibility index (Phi) is 4.23. The molecule has 0 radical (unpaired) electrons. The molecule has 0 saturated heterocycles. The van der Waals surface area contributed by atoms with E-state index in [9.17, 15) is 4.79 Å². The lowest BCUT2D eigenvalue weighted by Crippen LogP contribution is -2.30. The van der Waals surface area contributed by atoms with E-state index in [1.807, 2.05) is 18.5 Å². The summed E-state index contributed by atoms with van der Waals surface area (Å²) in [7, 11) is 0. The highest BCUT2D eigenvalue weighted by Crippen LogP contribution is 2.32. The molecule has 23 heavy (non-hydrogen) atoms. The maximum Gasteiger partial charge on any atom is 0.251 e. The fraction of sp³-hybridized carbons (Fsp3) is 0.412. The van der Waals surface area contributed by atoms with Crippen molar-refractivity contribution in [2.45, 2.75) is 27.3 Å². The number of carbonyl (C=O) groups excluding carboxylic acids is 1. The van der Waals surface area contributed by atoms with E-state index in [-0.39, 0.29) is 18.6 Å². The number of hydrogen-bond donors (Lipinski definition) is 1. The van der Waals surface area contributed by atoms with Gasteiger partial charge in [-0.2, -0.15) is 5.10 Å². The van der Waals surface area contributed by atoms with E-state index in [1.54, 1.807) is 18.2 Å². The van der Waals surface area contributed by atoms with Crippen LogP contribution in [0.25, 0.3) is 0 Å². The van der Waals surface area contributed by atoms with E-state index in [0.717, 1.165) is 17.9 Å². The molecule has 0 saturated carbocycles. The average molecular weight is 315 g/mol. The van der Waals surface area contributed by atoms with Crippen molar-refractivity contribution in [2.24, 2.45) is 5.92 Å². The van der Waals surface area contributed by atoms with Crippen LogP contribution < -0.4 is 14.8 Å². The maximum absolute atomic E-state index is 12.2. The number of carbonyl (C=O) groups is 1. The summed E-state index contributed by atoms with van der Waals surface area (Å²) in [6.07, 6.45) is 0. The first-order valence-corrected chi connectivity index (χ1v) is 7.72. The molecule has 3 rings (SSSR count). The number of aryl methyl sites for hydroxylation is 2. The summed E-state index contributed by atoms with van der Waals surface area (Å²) in [5, 5.41) is 7.41. The van der Waals surface area contributed by atoms with Crippen molar-refractivity contribution in [2.75, 3.05) is 13.3 Å². The van der Waals surface area contributed by atoms with E-state index in [1.165, 1.54) is 0 Å². The van der Waals surface area contributed by atoms with Crippen LogP contribution in [0.5, 0.6) is 11.5 Å². The second-order valence-electron chi connectivity index (χ2n) is 5.99. The highest BCUT2D eigenvalue weighted by atomic mass is 16.7. The molecular weight excluding hydrogens is 294 g/mol. The zero-order chi connectivity index (χ0) is 16.4. The minimum atomic E-state index is -0.108. The quantitative estimate of drug-likeness (QED) is 0.919. The molecule has 0 aliphatic carbocycles. The second-order valence-corrected chi connectivity index (χ2v) is 5.99. The summed E-state index contributed by atoms with van der Waals surface area (Å²) in [5.74, 6) is 1.47. The van der Waals surface area contributed by atoms with Gasteiger partial charge in [-0.3, -0.25) is 9.48 Å². The number of hydrogen-bond acceptors (Lipinski definition) is 4. The first-order valence-electron chi connectivity index (χ1n) is 7.72. The Labute approximate surface area is 135 Å². The molecule has 1 aromatic heterocycles. The van der Waals surface area contributed by atoms with Gasteiger partial charge in [-0.1, -0.05) is 6.92 Å². The molecule has 0 bridgehead atoms. The van der Waals surface area contributed by atoms with Crippen molar-refractivity contribution >= 4 is 5.91 Å². The first-order chi connectivity index (χ1) is 11.0. The maximum atomic E-state index is 12.2. The van der Waals surface area contributed by atoms with Crippen molar-refractivity contribution in [3.8, 4) is 11.5 Å². The lowest BCUT2D eigenvalue weighted by Gasteiger charge is -2.14. The molecule has 2 heterocycles. The van der Waals surface area contributed by atoms with Gasteiger partial charge in [-0.15, -0.1) is 0 Å². The van der Waals surface area contributed by atoms with Crippen LogP contribution >= 0.6 is 0 Å². The molecule has 1 amide bonds. The molecule has 1 N–H and O–H groups in total. The largest absolute Gasteiger partial charge is 0.454 e. The van der Waals surface area contributed by atoms with Crippen LogP contribution in [0.4, 0.5) is 0 Å². The lowest BCUT2D eigenvalue weighted by molar-refractivity contribution is 0.0946. The minimum Gasteiger partial charge on any atom is -0.454 e. The zero-order valence-corrected chi connectivity index (χ0v) is 13.6. The summed E-state index contributed by atoms with van der Waals surface area (Å²) in [5.41, 5.74) is 2.73. The van der Waals surface area contributed by atoms with Crippen LogP contribution in [0.1, 0.15) is 28.7 Å². The molecule has 0 spiro atoms. The molecule has 1 aliphatic rings. The third kappa shape index (κ3) is 3.47. The lowest BCUT2D eigenvalue weighted by atomic mass is 10.1.